The zero-order valence-corrected chi connectivity index (χ0v) is 25.3. The van der Waals surface area contributed by atoms with Crippen LogP contribution in [0.15, 0.2) is 24.3 Å². The molecule has 232 valence electrons. The fourth-order valence-corrected chi connectivity index (χ4v) is 7.14. The fraction of sp³-hybridized carbons (Fsp3) is 0.444. The molecular weight excluding hydrogens is 622 g/mol. The molecule has 17 heteroatoms. The molecule has 3 aromatic heterocycles. The molecule has 4 aromatic rings. The van der Waals surface area contributed by atoms with Crippen molar-refractivity contribution in [2.75, 3.05) is 56.6 Å². The van der Waals surface area contributed by atoms with Gasteiger partial charge in [-0.15, -0.1) is 5.10 Å². The Morgan fingerprint density at radius 2 is 1.89 bits per heavy atom. The van der Waals surface area contributed by atoms with Gasteiger partial charge in [0.2, 0.25) is 16.0 Å². The van der Waals surface area contributed by atoms with Crippen LogP contribution in [-0.2, 0) is 11.2 Å². The molecule has 0 bridgehead atoms. The van der Waals surface area contributed by atoms with E-state index in [0.29, 0.717) is 42.6 Å². The maximum Gasteiger partial charge on any atom is 0.394 e. The zero-order valence-electron chi connectivity index (χ0n) is 23.6. The van der Waals surface area contributed by atoms with Crippen LogP contribution in [-0.4, -0.2) is 106 Å². The number of carbonyl (C=O) groups excluding carboxylic acids is 1. The number of likely N-dealkylation sites (tertiary alicyclic amines) is 1. The third-order valence-corrected chi connectivity index (χ3v) is 9.71. The predicted molar refractivity (Wildman–Crippen MR) is 157 cm³/mol. The van der Waals surface area contributed by atoms with Gasteiger partial charge >= 0.3 is 6.18 Å². The van der Waals surface area contributed by atoms with E-state index >= 15 is 0 Å². The summed E-state index contributed by atoms with van der Waals surface area (Å²) in [5.41, 5.74) is 0.574. The summed E-state index contributed by atoms with van der Waals surface area (Å²) < 4.78 is 55.7. The van der Waals surface area contributed by atoms with E-state index in [4.69, 9.17) is 0 Å². The number of aliphatic hydroxyl groups excluding tert-OH is 1. The second-order valence-corrected chi connectivity index (χ2v) is 12.8. The first kappa shape index (κ1) is 30.2. The highest BCUT2D eigenvalue weighted by Gasteiger charge is 2.36. The van der Waals surface area contributed by atoms with Crippen LogP contribution in [0.4, 0.5) is 33.6 Å². The number of nitrogens with zero attached hydrogens (tertiary/aromatic N) is 9. The number of β-amino-alcohol motifs (C(OH)–C–C–N with tert-alkyl or cyclic N) is 1. The van der Waals surface area contributed by atoms with Crippen LogP contribution in [0, 0.1) is 17.1 Å². The minimum absolute atomic E-state index is 0.0434. The third-order valence-electron chi connectivity index (χ3n) is 7.70. The first-order valence-electron chi connectivity index (χ1n) is 13.7. The second-order valence-electron chi connectivity index (χ2n) is 10.9. The lowest BCUT2D eigenvalue weighted by Crippen LogP contribution is -2.56. The van der Waals surface area contributed by atoms with Gasteiger partial charge in [-0.1, -0.05) is 22.7 Å². The van der Waals surface area contributed by atoms with Gasteiger partial charge in [0.1, 0.15) is 22.5 Å². The largest absolute Gasteiger partial charge is 0.394 e. The number of carbonyl (C=O) groups is 1. The van der Waals surface area contributed by atoms with E-state index in [2.05, 4.69) is 21.1 Å². The van der Waals surface area contributed by atoms with Gasteiger partial charge in [-0.25, -0.2) is 14.4 Å². The van der Waals surface area contributed by atoms with Gasteiger partial charge < -0.3 is 19.8 Å². The van der Waals surface area contributed by atoms with E-state index in [-0.39, 0.29) is 45.0 Å². The fourth-order valence-electron chi connectivity index (χ4n) is 5.34. The van der Waals surface area contributed by atoms with Gasteiger partial charge in [-0.05, 0) is 37.7 Å². The minimum atomic E-state index is -4.53. The number of alkyl halides is 3. The average molecular weight is 650 g/mol. The Kier molecular flexibility index (Phi) is 7.94. The number of hydrogen-bond donors (Lipinski definition) is 1. The predicted octanol–water partition coefficient (Wildman–Crippen LogP) is 3.51. The summed E-state index contributed by atoms with van der Waals surface area (Å²) in [7, 11) is 3.42. The molecule has 11 nitrogen and oxygen atoms in total. The number of fused-ring (bicyclic) bond motifs is 1. The number of nitriles is 1. The smallest absolute Gasteiger partial charge is 0.389 e. The molecule has 5 heterocycles. The van der Waals surface area contributed by atoms with Crippen LogP contribution < -0.4 is 9.80 Å². The van der Waals surface area contributed by atoms with E-state index in [1.54, 1.807) is 11.9 Å². The molecule has 2 saturated heterocycles. The topological polar surface area (TPSA) is 117 Å². The molecule has 6 rings (SSSR count). The van der Waals surface area contributed by atoms with Crippen LogP contribution >= 0.6 is 22.7 Å². The highest BCUT2D eigenvalue weighted by atomic mass is 32.1. The first-order valence-corrected chi connectivity index (χ1v) is 15.3. The van der Waals surface area contributed by atoms with Crippen LogP contribution in [0.25, 0.3) is 16.2 Å². The number of imidazole rings is 1. The van der Waals surface area contributed by atoms with Gasteiger partial charge in [0.05, 0.1) is 24.8 Å². The monoisotopic (exact) mass is 649 g/mol. The van der Waals surface area contributed by atoms with Gasteiger partial charge in [0, 0.05) is 44.8 Å². The van der Waals surface area contributed by atoms with Crippen LogP contribution in [0.5, 0.6) is 0 Å². The summed E-state index contributed by atoms with van der Waals surface area (Å²) in [6.45, 7) is 2.13. The van der Waals surface area contributed by atoms with Crippen molar-refractivity contribution >= 4 is 49.6 Å². The Hall–Kier alpha value is -3.85. The summed E-state index contributed by atoms with van der Waals surface area (Å²) in [6, 6.07) is 7.60. The molecule has 1 N–H and O–H groups in total. The number of rotatable bonds is 8. The lowest BCUT2D eigenvalue weighted by molar-refractivity contribution is -0.142. The standard InChI is InChI=1S/C27H27F4N9O2S2/c1-36(14-21(42)39-12-18(41)13-39)17-7-8-38(11-17)26-35-40-23(19(9-27(29,30)31)33-25(40)44-26)37(2)24-34-22(20(10-32)43-24)15-3-5-16(28)6-4-15/h3-6,17-18,41H,7-9,11-14H2,1-2H3. The Balaban J connectivity index is 1.27. The van der Waals surface area contributed by atoms with Crippen molar-refractivity contribution in [3.8, 4) is 17.3 Å². The summed E-state index contributed by atoms with van der Waals surface area (Å²) in [6.07, 6.45) is -5.50. The second kappa shape index (κ2) is 11.6. The van der Waals surface area contributed by atoms with Gasteiger partial charge in [0.25, 0.3) is 0 Å². The molecule has 2 aliphatic heterocycles. The summed E-state index contributed by atoms with van der Waals surface area (Å²) in [4.78, 5) is 28.9. The van der Waals surface area contributed by atoms with E-state index < -0.39 is 24.5 Å². The summed E-state index contributed by atoms with van der Waals surface area (Å²) >= 11 is 2.17. The number of benzene rings is 1. The molecule has 0 aliphatic carbocycles. The molecular formula is C27H27F4N9O2S2. The van der Waals surface area contributed by atoms with Gasteiger partial charge in [0.15, 0.2) is 10.9 Å². The van der Waals surface area contributed by atoms with Crippen LogP contribution in [0.1, 0.15) is 17.0 Å². The molecule has 1 aromatic carbocycles. The number of amides is 1. The molecule has 2 fully saturated rings. The highest BCUT2D eigenvalue weighted by Crippen LogP contribution is 2.40. The van der Waals surface area contributed by atoms with Gasteiger partial charge in [-0.2, -0.15) is 22.9 Å². The van der Waals surface area contributed by atoms with Gasteiger partial charge in [-0.3, -0.25) is 9.69 Å². The van der Waals surface area contributed by atoms with Crippen molar-refractivity contribution in [3.63, 3.8) is 0 Å². The van der Waals surface area contributed by atoms with Crippen molar-refractivity contribution in [2.45, 2.75) is 31.2 Å². The molecule has 2 aliphatic rings. The number of likely N-dealkylation sites (N-methyl/N-ethyl adjacent to an activating group) is 1. The molecule has 1 atom stereocenters. The Morgan fingerprint density at radius 1 is 1.16 bits per heavy atom. The van der Waals surface area contributed by atoms with E-state index in [1.807, 2.05) is 16.8 Å². The van der Waals surface area contributed by atoms with Crippen molar-refractivity contribution in [2.24, 2.45) is 0 Å². The SMILES string of the molecule is CN(c1nc(-c2ccc(F)cc2)c(C#N)s1)c1c(CC(F)(F)F)nc2sc(N3CCC(N(C)CC(=O)N4CC(O)C4)C3)nn12. The Labute approximate surface area is 257 Å². The first-order chi connectivity index (χ1) is 20.9. The molecule has 0 saturated carbocycles. The molecule has 0 radical (unpaired) electrons. The molecule has 0 spiro atoms. The lowest BCUT2D eigenvalue weighted by atomic mass is 10.1. The maximum atomic E-state index is 13.6. The lowest BCUT2D eigenvalue weighted by Gasteiger charge is -2.37. The Bertz CT molecular complexity index is 1720. The number of thiazole rings is 1. The van der Waals surface area contributed by atoms with Crippen LogP contribution in [0.3, 0.4) is 0 Å². The number of halogens is 4. The molecule has 1 amide bonds. The number of aromatic nitrogens is 4. The number of hydrogen-bond acceptors (Lipinski definition) is 11. The highest BCUT2D eigenvalue weighted by molar-refractivity contribution is 7.20. The summed E-state index contributed by atoms with van der Waals surface area (Å²) in [5, 5.41) is 24.7. The Morgan fingerprint density at radius 3 is 2.55 bits per heavy atom. The third kappa shape index (κ3) is 5.94. The normalized spacial score (nSPS) is 17.5. The molecule has 44 heavy (non-hydrogen) atoms. The molecule has 1 unspecified atom stereocenters. The van der Waals surface area contributed by atoms with Crippen molar-refractivity contribution in [1.82, 2.24) is 29.4 Å². The van der Waals surface area contributed by atoms with E-state index in [0.717, 1.165) is 17.8 Å². The number of aliphatic hydroxyl groups is 1. The maximum absolute atomic E-state index is 13.6. The van der Waals surface area contributed by atoms with E-state index in [1.165, 1.54) is 45.0 Å². The number of anilines is 3. The average Bonchev–Trinajstić information content (AvgIpc) is 3.73. The minimum Gasteiger partial charge on any atom is -0.389 e. The zero-order chi connectivity index (χ0) is 31.3. The quantitative estimate of drug-likeness (QED) is 0.286. The van der Waals surface area contributed by atoms with E-state index in [9.17, 15) is 32.7 Å². The van der Waals surface area contributed by atoms with Crippen molar-refractivity contribution in [3.05, 3.63) is 40.7 Å². The van der Waals surface area contributed by atoms with Crippen molar-refractivity contribution in [1.29, 1.82) is 5.26 Å². The van der Waals surface area contributed by atoms with Crippen molar-refractivity contribution < 1.29 is 27.5 Å². The van der Waals surface area contributed by atoms with Crippen LogP contribution in [0.2, 0.25) is 0 Å². The summed E-state index contributed by atoms with van der Waals surface area (Å²) in [5.74, 6) is -0.411.